The smallest absolute Gasteiger partial charge is 0.162 e. The van der Waals surface area contributed by atoms with Crippen LogP contribution in [0.25, 0.3) is 22.6 Å². The van der Waals surface area contributed by atoms with Crippen LogP contribution in [-0.4, -0.2) is 103 Å². The van der Waals surface area contributed by atoms with Crippen molar-refractivity contribution >= 4 is 5.82 Å². The van der Waals surface area contributed by atoms with Crippen LogP contribution < -0.4 is 15.4 Å². The van der Waals surface area contributed by atoms with Gasteiger partial charge in [-0.25, -0.2) is 9.97 Å². The Morgan fingerprint density at radius 1 is 1.15 bits per heavy atom. The van der Waals surface area contributed by atoms with Gasteiger partial charge in [-0.3, -0.25) is 4.90 Å². The molecule has 0 radical (unpaired) electrons. The zero-order valence-electron chi connectivity index (χ0n) is 23.1. The van der Waals surface area contributed by atoms with E-state index in [1.807, 2.05) is 45.0 Å². The Hall–Kier alpha value is -3.09. The highest BCUT2D eigenvalue weighted by molar-refractivity contribution is 5.74. The van der Waals surface area contributed by atoms with E-state index < -0.39 is 6.10 Å². The summed E-state index contributed by atoms with van der Waals surface area (Å²) in [6, 6.07) is 8.27. The lowest BCUT2D eigenvalue weighted by molar-refractivity contribution is -0.114. The maximum Gasteiger partial charge on any atom is 0.162 e. The van der Waals surface area contributed by atoms with Gasteiger partial charge in [0.25, 0.3) is 0 Å². The maximum atomic E-state index is 10.0. The second-order valence-electron chi connectivity index (χ2n) is 10.2. The number of rotatable bonds is 11. The van der Waals surface area contributed by atoms with Crippen LogP contribution in [0.4, 0.5) is 5.82 Å². The van der Waals surface area contributed by atoms with Crippen molar-refractivity contribution in [1.29, 1.82) is 0 Å². The molecular weight excluding hydrogens is 500 g/mol. The zero-order valence-corrected chi connectivity index (χ0v) is 23.1. The fourth-order valence-corrected chi connectivity index (χ4v) is 5.05. The lowest BCUT2D eigenvalue weighted by atomic mass is 10.0. The summed E-state index contributed by atoms with van der Waals surface area (Å²) in [7, 11) is 1.79. The van der Waals surface area contributed by atoms with E-state index in [0.717, 1.165) is 60.3 Å². The van der Waals surface area contributed by atoms with Crippen molar-refractivity contribution in [2.45, 2.75) is 39.0 Å². The van der Waals surface area contributed by atoms with Crippen LogP contribution in [0.2, 0.25) is 0 Å². The lowest BCUT2D eigenvalue weighted by Gasteiger charge is -2.44. The minimum Gasteiger partial charge on any atom is -0.491 e. The summed E-state index contributed by atoms with van der Waals surface area (Å²) in [6.07, 6.45) is -0.606. The third-order valence-corrected chi connectivity index (χ3v) is 7.26. The number of aryl methyl sites for hydroxylation is 2. The standard InChI is InChI=1S/C28H38N6O5/c1-17-26(25-18(2)33-39-19(25)3)31-28(20-6-5-7-24(10-20)38-16-23(35)12-29-4)32-27(17)30-11-21-13-36-9-8-34(21)22-14-37-15-22/h5-7,10,21-23,29,35H,8-9,11-16H2,1-4H3,(H,30,31,32)/t21-,23?/m0/s1. The number of hydrogen-bond acceptors (Lipinski definition) is 11. The van der Waals surface area contributed by atoms with Crippen LogP contribution in [0.3, 0.4) is 0 Å². The monoisotopic (exact) mass is 538 g/mol. The molecular formula is C28H38N6O5. The van der Waals surface area contributed by atoms with Gasteiger partial charge in [-0.2, -0.15) is 0 Å². The fraction of sp³-hybridized carbons (Fsp3) is 0.536. The molecule has 2 fully saturated rings. The van der Waals surface area contributed by atoms with E-state index in [2.05, 4.69) is 20.7 Å². The van der Waals surface area contributed by atoms with Gasteiger partial charge in [0.1, 0.15) is 30.0 Å². The molecule has 2 aromatic heterocycles. The molecule has 210 valence electrons. The first-order valence-corrected chi connectivity index (χ1v) is 13.5. The van der Waals surface area contributed by atoms with Gasteiger partial charge < -0.3 is 34.5 Å². The molecule has 0 saturated carbocycles. The van der Waals surface area contributed by atoms with E-state index in [-0.39, 0.29) is 12.6 Å². The minimum atomic E-state index is -0.606. The van der Waals surface area contributed by atoms with Gasteiger partial charge in [-0.05, 0) is 40.0 Å². The number of aromatic nitrogens is 3. The van der Waals surface area contributed by atoms with Crippen LogP contribution >= 0.6 is 0 Å². The van der Waals surface area contributed by atoms with Gasteiger partial charge in [-0.1, -0.05) is 17.3 Å². The average molecular weight is 539 g/mol. The molecule has 2 aliphatic heterocycles. The van der Waals surface area contributed by atoms with Crippen molar-refractivity contribution in [3.05, 3.63) is 41.3 Å². The number of aliphatic hydroxyl groups is 1. The van der Waals surface area contributed by atoms with Crippen molar-refractivity contribution in [3.8, 4) is 28.4 Å². The first kappa shape index (κ1) is 27.5. The minimum absolute atomic E-state index is 0.183. The van der Waals surface area contributed by atoms with E-state index in [1.165, 1.54) is 0 Å². The summed E-state index contributed by atoms with van der Waals surface area (Å²) in [5.41, 5.74) is 4.15. The van der Waals surface area contributed by atoms with E-state index in [9.17, 15) is 5.11 Å². The van der Waals surface area contributed by atoms with Gasteiger partial charge in [0.05, 0.1) is 55.5 Å². The molecule has 2 atom stereocenters. The number of anilines is 1. The molecule has 2 aliphatic rings. The van der Waals surface area contributed by atoms with Crippen LogP contribution in [-0.2, 0) is 9.47 Å². The Bertz CT molecular complexity index is 1240. The van der Waals surface area contributed by atoms with E-state index in [4.69, 9.17) is 28.7 Å². The molecule has 2 saturated heterocycles. The number of nitrogens with one attached hydrogen (secondary N) is 2. The van der Waals surface area contributed by atoms with Crippen LogP contribution in [0, 0.1) is 20.8 Å². The molecule has 5 rings (SSSR count). The molecule has 4 heterocycles. The molecule has 3 N–H and O–H groups in total. The number of benzene rings is 1. The van der Waals surface area contributed by atoms with Crippen LogP contribution in [0.1, 0.15) is 17.0 Å². The Morgan fingerprint density at radius 3 is 2.72 bits per heavy atom. The number of morpholine rings is 1. The van der Waals surface area contributed by atoms with Gasteiger partial charge in [0.2, 0.25) is 0 Å². The molecule has 11 nitrogen and oxygen atoms in total. The Morgan fingerprint density at radius 2 is 2.00 bits per heavy atom. The Kier molecular flexibility index (Phi) is 8.73. The molecule has 3 aromatic rings. The summed E-state index contributed by atoms with van der Waals surface area (Å²) < 4.78 is 22.6. The molecule has 0 aliphatic carbocycles. The number of aliphatic hydroxyl groups excluding tert-OH is 1. The number of hydrogen-bond donors (Lipinski definition) is 3. The largest absolute Gasteiger partial charge is 0.491 e. The zero-order chi connectivity index (χ0) is 27.4. The first-order valence-electron chi connectivity index (χ1n) is 13.5. The predicted molar refractivity (Wildman–Crippen MR) is 147 cm³/mol. The molecule has 39 heavy (non-hydrogen) atoms. The predicted octanol–water partition coefficient (Wildman–Crippen LogP) is 2.19. The van der Waals surface area contributed by atoms with Crippen molar-refractivity contribution in [3.63, 3.8) is 0 Å². The molecule has 0 bridgehead atoms. The van der Waals surface area contributed by atoms with Crippen LogP contribution in [0.15, 0.2) is 28.8 Å². The lowest BCUT2D eigenvalue weighted by Crippen LogP contribution is -2.59. The first-order chi connectivity index (χ1) is 18.9. The number of likely N-dealkylation sites (N-methyl/N-ethyl adjacent to an activating group) is 1. The topological polar surface area (TPSA) is 127 Å². The highest BCUT2D eigenvalue weighted by Crippen LogP contribution is 2.34. The average Bonchev–Trinajstić information content (AvgIpc) is 3.24. The highest BCUT2D eigenvalue weighted by atomic mass is 16.5. The quantitative estimate of drug-likeness (QED) is 0.332. The Labute approximate surface area is 228 Å². The van der Waals surface area contributed by atoms with Crippen LogP contribution in [0.5, 0.6) is 5.75 Å². The summed E-state index contributed by atoms with van der Waals surface area (Å²) in [6.45, 7) is 11.0. The van der Waals surface area contributed by atoms with E-state index in [1.54, 1.807) is 7.05 Å². The third kappa shape index (κ3) is 6.23. The van der Waals surface area contributed by atoms with Crippen molar-refractivity contribution in [2.75, 3.05) is 65.0 Å². The van der Waals surface area contributed by atoms with Gasteiger partial charge in [0.15, 0.2) is 5.82 Å². The summed E-state index contributed by atoms with van der Waals surface area (Å²) in [5, 5.41) is 20.7. The van der Waals surface area contributed by atoms with Gasteiger partial charge in [0, 0.05) is 30.8 Å². The Balaban J connectivity index is 1.45. The SMILES string of the molecule is CNCC(O)COc1cccc(-c2nc(NC[C@H]3COCCN3C3COC3)c(C)c(-c3c(C)noc3C)n2)c1. The summed E-state index contributed by atoms with van der Waals surface area (Å²) in [5.74, 6) is 2.65. The summed E-state index contributed by atoms with van der Waals surface area (Å²) in [4.78, 5) is 12.4. The summed E-state index contributed by atoms with van der Waals surface area (Å²) >= 11 is 0. The molecule has 0 spiro atoms. The maximum absolute atomic E-state index is 10.0. The molecule has 1 aromatic carbocycles. The van der Waals surface area contributed by atoms with E-state index >= 15 is 0 Å². The van der Waals surface area contributed by atoms with E-state index in [0.29, 0.717) is 43.1 Å². The van der Waals surface area contributed by atoms with Gasteiger partial charge in [-0.15, -0.1) is 0 Å². The number of nitrogens with zero attached hydrogens (tertiary/aromatic N) is 4. The molecule has 11 heteroatoms. The van der Waals surface area contributed by atoms with Crippen molar-refractivity contribution < 1.29 is 23.8 Å². The second-order valence-corrected chi connectivity index (χ2v) is 10.2. The number of ether oxygens (including phenoxy) is 3. The molecule has 1 unspecified atom stereocenters. The van der Waals surface area contributed by atoms with Crippen molar-refractivity contribution in [2.24, 2.45) is 0 Å². The normalized spacial score (nSPS) is 19.1. The second kappa shape index (κ2) is 12.4. The fourth-order valence-electron chi connectivity index (χ4n) is 5.05. The third-order valence-electron chi connectivity index (χ3n) is 7.26. The highest BCUT2D eigenvalue weighted by Gasteiger charge is 2.33. The van der Waals surface area contributed by atoms with Crippen molar-refractivity contribution in [1.82, 2.24) is 25.3 Å². The van der Waals surface area contributed by atoms with Gasteiger partial charge >= 0.3 is 0 Å². The molecule has 0 amide bonds.